The lowest BCUT2D eigenvalue weighted by Crippen LogP contribution is -2.10. The molecule has 0 saturated carbocycles. The Morgan fingerprint density at radius 1 is 1.47 bits per heavy atom. The number of hydrogen-bond donors (Lipinski definition) is 1. The van der Waals surface area contributed by atoms with Gasteiger partial charge in [0, 0.05) is 6.04 Å². The van der Waals surface area contributed by atoms with Gasteiger partial charge in [-0.2, -0.15) is 0 Å². The van der Waals surface area contributed by atoms with Gasteiger partial charge in [0.2, 0.25) is 0 Å². The van der Waals surface area contributed by atoms with Crippen molar-refractivity contribution in [3.8, 4) is 18.1 Å². The van der Waals surface area contributed by atoms with E-state index in [2.05, 4.69) is 10.8 Å². The van der Waals surface area contributed by atoms with Gasteiger partial charge in [-0.05, 0) is 43.3 Å². The van der Waals surface area contributed by atoms with Gasteiger partial charge in [-0.3, -0.25) is 0 Å². The molecule has 0 bridgehead atoms. The first-order valence-electron chi connectivity index (χ1n) is 4.76. The third kappa shape index (κ3) is 3.47. The summed E-state index contributed by atoms with van der Waals surface area (Å²) >= 11 is 5.55. The van der Waals surface area contributed by atoms with Crippen molar-refractivity contribution in [2.45, 2.75) is 26.0 Å². The van der Waals surface area contributed by atoms with Crippen LogP contribution in [-0.2, 0) is 0 Å². The molecular weight excluding hydrogens is 210 g/mol. The molecule has 0 radical (unpaired) electrons. The second-order valence-electron chi connectivity index (χ2n) is 3.33. The molecule has 1 N–H and O–H groups in total. The lowest BCUT2D eigenvalue weighted by atomic mass is 10.1. The summed E-state index contributed by atoms with van der Waals surface area (Å²) in [5, 5.41) is 0. The van der Waals surface area contributed by atoms with Crippen LogP contribution in [0.1, 0.15) is 25.5 Å². The Balaban J connectivity index is 2.79. The first-order chi connectivity index (χ1) is 7.17. The number of ether oxygens (including phenoxy) is 1. The topological polar surface area (TPSA) is 21.3 Å². The summed E-state index contributed by atoms with van der Waals surface area (Å²) in [7, 11) is 0. The third-order valence-electron chi connectivity index (χ3n) is 2.07. The normalized spacial score (nSPS) is 14.0. The fourth-order valence-electron chi connectivity index (χ4n) is 1.16. The quantitative estimate of drug-likeness (QED) is 0.626. The van der Waals surface area contributed by atoms with Crippen molar-refractivity contribution in [1.82, 2.24) is 4.84 Å². The second-order valence-corrected chi connectivity index (χ2v) is 3.55. The van der Waals surface area contributed by atoms with Crippen LogP contribution in [0.2, 0.25) is 0 Å². The lowest BCUT2D eigenvalue weighted by molar-refractivity contribution is 0.278. The summed E-state index contributed by atoms with van der Waals surface area (Å²) in [6.45, 7) is 3.80. The fourth-order valence-corrected chi connectivity index (χ4v) is 1.28. The smallest absolute Gasteiger partial charge is 0.156 e. The summed E-state index contributed by atoms with van der Waals surface area (Å²) in [5.74, 6) is 3.27. The van der Waals surface area contributed by atoms with Crippen molar-refractivity contribution in [3.63, 3.8) is 0 Å². The van der Waals surface area contributed by atoms with Crippen molar-refractivity contribution in [2.24, 2.45) is 0 Å². The minimum atomic E-state index is -0.223. The van der Waals surface area contributed by atoms with Gasteiger partial charge in [-0.1, -0.05) is 18.1 Å². The molecule has 1 rings (SSSR count). The Morgan fingerprint density at radius 3 is 2.80 bits per heavy atom. The molecule has 0 amide bonds. The molecular formula is C12H14ClNO. The van der Waals surface area contributed by atoms with Crippen molar-refractivity contribution >= 4 is 11.8 Å². The largest absolute Gasteiger partial charge is 0.478 e. The molecule has 0 aromatic heterocycles. The van der Waals surface area contributed by atoms with E-state index in [0.717, 1.165) is 11.3 Å². The molecule has 0 saturated heterocycles. The summed E-state index contributed by atoms with van der Waals surface area (Å²) in [6.07, 6.45) is 5.01. The Bertz CT molecular complexity index is 359. The van der Waals surface area contributed by atoms with Crippen LogP contribution in [0.25, 0.3) is 0 Å². The Labute approximate surface area is 95.7 Å². The highest BCUT2D eigenvalue weighted by atomic mass is 35.5. The van der Waals surface area contributed by atoms with Crippen LogP contribution in [0.3, 0.4) is 0 Å². The van der Waals surface area contributed by atoms with Crippen molar-refractivity contribution in [3.05, 3.63) is 29.8 Å². The Hall–Kier alpha value is -1.17. The number of rotatable bonds is 4. The molecule has 2 atom stereocenters. The predicted molar refractivity (Wildman–Crippen MR) is 62.8 cm³/mol. The molecule has 80 valence electrons. The number of halogens is 1. The average Bonchev–Trinajstić information content (AvgIpc) is 2.28. The van der Waals surface area contributed by atoms with Crippen molar-refractivity contribution in [1.29, 1.82) is 0 Å². The summed E-state index contributed by atoms with van der Waals surface area (Å²) in [4.78, 5) is 2.65. The highest BCUT2D eigenvalue weighted by molar-refractivity contribution is 6.13. The lowest BCUT2D eigenvalue weighted by Gasteiger charge is -2.13. The summed E-state index contributed by atoms with van der Waals surface area (Å²) < 4.78 is 5.49. The van der Waals surface area contributed by atoms with E-state index in [1.165, 1.54) is 0 Å². The van der Waals surface area contributed by atoms with E-state index in [0.29, 0.717) is 0 Å². The standard InChI is InChI=1S/C12H14ClNO/c1-4-9(2)15-12-7-5-6-11(8-12)10(3)14-13/h1,5-10,14H,2-3H3/t9-,10+/m0/s1. The number of terminal acetylenes is 1. The molecule has 0 heterocycles. The van der Waals surface area contributed by atoms with E-state index in [-0.39, 0.29) is 12.1 Å². The summed E-state index contributed by atoms with van der Waals surface area (Å²) in [5.41, 5.74) is 1.06. The van der Waals surface area contributed by atoms with Crippen LogP contribution in [0.5, 0.6) is 5.75 Å². The zero-order valence-electron chi connectivity index (χ0n) is 8.83. The van der Waals surface area contributed by atoms with E-state index in [1.807, 2.05) is 38.1 Å². The molecule has 15 heavy (non-hydrogen) atoms. The molecule has 1 aromatic rings. The van der Waals surface area contributed by atoms with Crippen LogP contribution < -0.4 is 9.57 Å². The monoisotopic (exact) mass is 223 g/mol. The molecule has 0 unspecified atom stereocenters. The molecule has 0 spiro atoms. The minimum Gasteiger partial charge on any atom is -0.478 e. The fraction of sp³-hybridized carbons (Fsp3) is 0.333. The van der Waals surface area contributed by atoms with Crippen molar-refractivity contribution in [2.75, 3.05) is 0 Å². The van der Waals surface area contributed by atoms with Gasteiger partial charge in [0.15, 0.2) is 6.10 Å². The highest BCUT2D eigenvalue weighted by Gasteiger charge is 2.05. The summed E-state index contributed by atoms with van der Waals surface area (Å²) in [6, 6.07) is 7.77. The van der Waals surface area contributed by atoms with Gasteiger partial charge in [0.05, 0.1) is 0 Å². The van der Waals surface area contributed by atoms with Gasteiger partial charge < -0.3 is 4.74 Å². The van der Waals surface area contributed by atoms with E-state index in [4.69, 9.17) is 22.9 Å². The molecule has 0 aliphatic rings. The number of benzene rings is 1. The number of hydrogen-bond acceptors (Lipinski definition) is 2. The van der Waals surface area contributed by atoms with E-state index in [1.54, 1.807) is 0 Å². The molecule has 0 fully saturated rings. The zero-order valence-corrected chi connectivity index (χ0v) is 9.58. The molecule has 0 aliphatic heterocycles. The Kier molecular flexibility index (Phi) is 4.48. The maximum atomic E-state index is 5.55. The number of nitrogens with one attached hydrogen (secondary N) is 1. The van der Waals surface area contributed by atoms with Gasteiger partial charge in [-0.15, -0.1) is 6.42 Å². The molecule has 2 nitrogen and oxygen atoms in total. The molecule has 1 aromatic carbocycles. The minimum absolute atomic E-state index is 0.0800. The van der Waals surface area contributed by atoms with Crippen LogP contribution in [0.15, 0.2) is 24.3 Å². The van der Waals surface area contributed by atoms with E-state index < -0.39 is 0 Å². The first kappa shape index (κ1) is 11.9. The highest BCUT2D eigenvalue weighted by Crippen LogP contribution is 2.20. The van der Waals surface area contributed by atoms with Gasteiger partial charge in [-0.25, -0.2) is 4.84 Å². The average molecular weight is 224 g/mol. The van der Waals surface area contributed by atoms with Gasteiger partial charge in [0.1, 0.15) is 5.75 Å². The van der Waals surface area contributed by atoms with E-state index >= 15 is 0 Å². The van der Waals surface area contributed by atoms with Crippen LogP contribution in [0, 0.1) is 12.3 Å². The van der Waals surface area contributed by atoms with Crippen molar-refractivity contribution < 1.29 is 4.74 Å². The van der Waals surface area contributed by atoms with Gasteiger partial charge >= 0.3 is 0 Å². The maximum Gasteiger partial charge on any atom is 0.156 e. The Morgan fingerprint density at radius 2 is 2.20 bits per heavy atom. The maximum absolute atomic E-state index is 5.55. The van der Waals surface area contributed by atoms with Crippen LogP contribution in [0.4, 0.5) is 0 Å². The van der Waals surface area contributed by atoms with Gasteiger partial charge in [0.25, 0.3) is 0 Å². The van der Waals surface area contributed by atoms with E-state index in [9.17, 15) is 0 Å². The molecule has 0 aliphatic carbocycles. The third-order valence-corrected chi connectivity index (χ3v) is 2.40. The van der Waals surface area contributed by atoms with Crippen LogP contribution in [-0.4, -0.2) is 6.10 Å². The predicted octanol–water partition coefficient (Wildman–Crippen LogP) is 2.89. The zero-order chi connectivity index (χ0) is 11.3. The SMILES string of the molecule is C#C[C@H](C)Oc1cccc([C@@H](C)NCl)c1. The van der Waals surface area contributed by atoms with Crippen LogP contribution >= 0.6 is 11.8 Å². The molecule has 3 heteroatoms. The second kappa shape index (κ2) is 5.65. The first-order valence-corrected chi connectivity index (χ1v) is 5.14.